The summed E-state index contributed by atoms with van der Waals surface area (Å²) >= 11 is 0. The standard InChI is InChI=1S/C17H19N3O2/c1-13-4-2-3-5-16(13)19-17(21)20-11-8-15(12-20)22-14-6-9-18-10-7-14/h2-7,9-10,15H,8,11-12H2,1H3,(H,19,21)/t15-/m1/s1. The Balaban J connectivity index is 1.56. The normalized spacial score (nSPS) is 17.3. The highest BCUT2D eigenvalue weighted by Crippen LogP contribution is 2.19. The van der Waals surface area contributed by atoms with Gasteiger partial charge in [0.25, 0.3) is 0 Å². The number of carbonyl (C=O) groups excluding carboxylic acids is 1. The molecule has 0 aliphatic carbocycles. The van der Waals surface area contributed by atoms with Crippen molar-refractivity contribution >= 4 is 11.7 Å². The molecule has 0 bridgehead atoms. The van der Waals surface area contributed by atoms with Crippen LogP contribution in [-0.4, -0.2) is 35.1 Å². The zero-order chi connectivity index (χ0) is 15.4. The zero-order valence-corrected chi connectivity index (χ0v) is 12.5. The minimum atomic E-state index is -0.0740. The van der Waals surface area contributed by atoms with Crippen LogP contribution < -0.4 is 10.1 Å². The number of anilines is 1. The molecule has 1 atom stereocenters. The molecule has 2 aromatic rings. The predicted molar refractivity (Wildman–Crippen MR) is 85.0 cm³/mol. The quantitative estimate of drug-likeness (QED) is 0.947. The van der Waals surface area contributed by atoms with Gasteiger partial charge < -0.3 is 15.0 Å². The van der Waals surface area contributed by atoms with Gasteiger partial charge in [-0.05, 0) is 30.7 Å². The van der Waals surface area contributed by atoms with Gasteiger partial charge in [0.05, 0.1) is 6.54 Å². The lowest BCUT2D eigenvalue weighted by molar-refractivity contribution is 0.194. The lowest BCUT2D eigenvalue weighted by atomic mass is 10.2. The van der Waals surface area contributed by atoms with E-state index in [0.29, 0.717) is 13.1 Å². The van der Waals surface area contributed by atoms with Crippen molar-refractivity contribution in [2.75, 3.05) is 18.4 Å². The van der Waals surface area contributed by atoms with E-state index in [9.17, 15) is 4.79 Å². The molecule has 2 heterocycles. The number of rotatable bonds is 3. The van der Waals surface area contributed by atoms with E-state index in [1.54, 1.807) is 17.3 Å². The third-order valence-corrected chi connectivity index (χ3v) is 3.77. The molecule has 1 aliphatic heterocycles. The van der Waals surface area contributed by atoms with Crippen molar-refractivity contribution in [2.24, 2.45) is 0 Å². The minimum absolute atomic E-state index is 0.0324. The molecular formula is C17H19N3O2. The van der Waals surface area contributed by atoms with E-state index >= 15 is 0 Å². The topological polar surface area (TPSA) is 54.5 Å². The number of nitrogens with zero attached hydrogens (tertiary/aromatic N) is 2. The molecule has 1 saturated heterocycles. The first-order valence-electron chi connectivity index (χ1n) is 7.40. The molecule has 0 spiro atoms. The monoisotopic (exact) mass is 297 g/mol. The summed E-state index contributed by atoms with van der Waals surface area (Å²) in [6.07, 6.45) is 4.27. The second-order valence-electron chi connectivity index (χ2n) is 5.40. The van der Waals surface area contributed by atoms with E-state index in [4.69, 9.17) is 4.74 Å². The molecular weight excluding hydrogens is 278 g/mol. The zero-order valence-electron chi connectivity index (χ0n) is 12.5. The highest BCUT2D eigenvalue weighted by atomic mass is 16.5. The summed E-state index contributed by atoms with van der Waals surface area (Å²) in [6.45, 7) is 3.28. The van der Waals surface area contributed by atoms with Gasteiger partial charge in [-0.1, -0.05) is 18.2 Å². The second-order valence-corrected chi connectivity index (χ2v) is 5.40. The Morgan fingerprint density at radius 2 is 2.05 bits per heavy atom. The summed E-state index contributed by atoms with van der Waals surface area (Å²) in [5.41, 5.74) is 1.91. The summed E-state index contributed by atoms with van der Waals surface area (Å²) in [7, 11) is 0. The van der Waals surface area contributed by atoms with Crippen LogP contribution in [0, 0.1) is 6.92 Å². The van der Waals surface area contributed by atoms with Gasteiger partial charge in [-0.15, -0.1) is 0 Å². The molecule has 2 amide bonds. The predicted octanol–water partition coefficient (Wildman–Crippen LogP) is 3.08. The molecule has 0 saturated carbocycles. The van der Waals surface area contributed by atoms with Crippen molar-refractivity contribution in [1.29, 1.82) is 0 Å². The van der Waals surface area contributed by atoms with Crippen LogP contribution in [0.15, 0.2) is 48.8 Å². The molecule has 5 heteroatoms. The van der Waals surface area contributed by atoms with Crippen LogP contribution in [0.25, 0.3) is 0 Å². The molecule has 5 nitrogen and oxygen atoms in total. The van der Waals surface area contributed by atoms with Crippen LogP contribution >= 0.6 is 0 Å². The van der Waals surface area contributed by atoms with Crippen LogP contribution in [0.2, 0.25) is 0 Å². The maximum Gasteiger partial charge on any atom is 0.321 e. The Labute approximate surface area is 129 Å². The molecule has 0 unspecified atom stereocenters. The second kappa shape index (κ2) is 6.47. The minimum Gasteiger partial charge on any atom is -0.488 e. The highest BCUT2D eigenvalue weighted by Gasteiger charge is 2.27. The van der Waals surface area contributed by atoms with Crippen molar-refractivity contribution in [3.63, 3.8) is 0 Å². The molecule has 1 aliphatic rings. The van der Waals surface area contributed by atoms with Crippen LogP contribution in [0.5, 0.6) is 5.75 Å². The summed E-state index contributed by atoms with van der Waals surface area (Å²) < 4.78 is 5.87. The van der Waals surface area contributed by atoms with Gasteiger partial charge in [-0.25, -0.2) is 4.79 Å². The number of carbonyl (C=O) groups is 1. The summed E-state index contributed by atoms with van der Waals surface area (Å²) in [4.78, 5) is 18.1. The fourth-order valence-corrected chi connectivity index (χ4v) is 2.53. The number of aryl methyl sites for hydroxylation is 1. The first kappa shape index (κ1) is 14.4. The Bertz CT molecular complexity index is 645. The molecule has 3 rings (SSSR count). The third kappa shape index (κ3) is 3.36. The van der Waals surface area contributed by atoms with Gasteiger partial charge in [0.2, 0.25) is 0 Å². The number of nitrogens with one attached hydrogen (secondary N) is 1. The van der Waals surface area contributed by atoms with Gasteiger partial charge in [-0.3, -0.25) is 4.98 Å². The Morgan fingerprint density at radius 3 is 2.82 bits per heavy atom. The van der Waals surface area contributed by atoms with E-state index in [1.807, 2.05) is 43.3 Å². The molecule has 114 valence electrons. The number of para-hydroxylation sites is 1. The molecule has 1 aromatic heterocycles. The number of urea groups is 1. The number of benzene rings is 1. The van der Waals surface area contributed by atoms with Gasteiger partial charge >= 0.3 is 6.03 Å². The maximum atomic E-state index is 12.3. The van der Waals surface area contributed by atoms with Crippen molar-refractivity contribution < 1.29 is 9.53 Å². The van der Waals surface area contributed by atoms with Crippen molar-refractivity contribution in [3.8, 4) is 5.75 Å². The average Bonchev–Trinajstić information content (AvgIpc) is 2.99. The van der Waals surface area contributed by atoms with Crippen LogP contribution in [0.1, 0.15) is 12.0 Å². The van der Waals surface area contributed by atoms with Crippen molar-refractivity contribution in [3.05, 3.63) is 54.4 Å². The van der Waals surface area contributed by atoms with Crippen molar-refractivity contribution in [1.82, 2.24) is 9.88 Å². The van der Waals surface area contributed by atoms with E-state index in [0.717, 1.165) is 23.4 Å². The molecule has 1 N–H and O–H groups in total. The van der Waals surface area contributed by atoms with E-state index < -0.39 is 0 Å². The first-order chi connectivity index (χ1) is 10.7. The Hall–Kier alpha value is -2.56. The van der Waals surface area contributed by atoms with Gasteiger partial charge in [-0.2, -0.15) is 0 Å². The summed E-state index contributed by atoms with van der Waals surface area (Å²) in [5, 5.41) is 2.96. The smallest absolute Gasteiger partial charge is 0.321 e. The number of hydrogen-bond acceptors (Lipinski definition) is 3. The molecule has 22 heavy (non-hydrogen) atoms. The summed E-state index contributed by atoms with van der Waals surface area (Å²) in [6, 6.07) is 11.4. The van der Waals surface area contributed by atoms with Gasteiger partial charge in [0, 0.05) is 31.0 Å². The van der Waals surface area contributed by atoms with Crippen molar-refractivity contribution in [2.45, 2.75) is 19.4 Å². The highest BCUT2D eigenvalue weighted by molar-refractivity contribution is 5.90. The lowest BCUT2D eigenvalue weighted by Gasteiger charge is -2.18. The van der Waals surface area contributed by atoms with E-state index in [2.05, 4.69) is 10.3 Å². The van der Waals surface area contributed by atoms with E-state index in [1.165, 1.54) is 0 Å². The number of amides is 2. The maximum absolute atomic E-state index is 12.3. The van der Waals surface area contributed by atoms with E-state index in [-0.39, 0.29) is 12.1 Å². The fraction of sp³-hybridized carbons (Fsp3) is 0.294. The summed E-state index contributed by atoms with van der Waals surface area (Å²) in [5.74, 6) is 0.793. The first-order valence-corrected chi connectivity index (χ1v) is 7.40. The fourth-order valence-electron chi connectivity index (χ4n) is 2.53. The van der Waals surface area contributed by atoms with Gasteiger partial charge in [0.1, 0.15) is 11.9 Å². The van der Waals surface area contributed by atoms with Gasteiger partial charge in [0.15, 0.2) is 0 Å². The van der Waals surface area contributed by atoms with Crippen LogP contribution in [0.4, 0.5) is 10.5 Å². The van der Waals surface area contributed by atoms with Crippen LogP contribution in [-0.2, 0) is 0 Å². The average molecular weight is 297 g/mol. The Kier molecular flexibility index (Phi) is 4.23. The van der Waals surface area contributed by atoms with Crippen LogP contribution in [0.3, 0.4) is 0 Å². The molecule has 1 fully saturated rings. The number of ether oxygens (including phenoxy) is 1. The molecule has 0 radical (unpaired) electrons. The lowest BCUT2D eigenvalue weighted by Crippen LogP contribution is -2.34. The number of aromatic nitrogens is 1. The number of pyridine rings is 1. The molecule has 1 aromatic carbocycles. The Morgan fingerprint density at radius 1 is 1.27 bits per heavy atom. The number of hydrogen-bond donors (Lipinski definition) is 1. The number of likely N-dealkylation sites (tertiary alicyclic amines) is 1. The largest absolute Gasteiger partial charge is 0.488 e. The SMILES string of the molecule is Cc1ccccc1NC(=O)N1CC[C@@H](Oc2ccncc2)C1. The third-order valence-electron chi connectivity index (χ3n) is 3.77.